The van der Waals surface area contributed by atoms with E-state index in [1.54, 1.807) is 7.11 Å². The summed E-state index contributed by atoms with van der Waals surface area (Å²) >= 11 is 0. The molecule has 0 spiro atoms. The number of benzene rings is 1. The molecular weight excluding hydrogens is 552 g/mol. The number of hydrogen-bond donors (Lipinski definition) is 1. The molecule has 2 amide bonds. The minimum atomic E-state index is -0.925. The van der Waals surface area contributed by atoms with Crippen LogP contribution in [0.3, 0.4) is 0 Å². The Bertz CT molecular complexity index is 1470. The first kappa shape index (κ1) is 29.2. The van der Waals surface area contributed by atoms with Gasteiger partial charge in [-0.15, -0.1) is 0 Å². The molecule has 4 bridgehead atoms. The van der Waals surface area contributed by atoms with Gasteiger partial charge in [-0.3, -0.25) is 4.79 Å². The van der Waals surface area contributed by atoms with E-state index in [0.29, 0.717) is 34.7 Å². The Labute approximate surface area is 251 Å². The van der Waals surface area contributed by atoms with Crippen LogP contribution >= 0.6 is 0 Å². The Balaban J connectivity index is 1.37. The molecule has 2 aliphatic carbocycles. The van der Waals surface area contributed by atoms with Gasteiger partial charge in [-0.1, -0.05) is 33.3 Å². The fraction of sp³-hybridized carbons (Fsp3) is 0.594. The zero-order chi connectivity index (χ0) is 30.5. The van der Waals surface area contributed by atoms with E-state index >= 15 is 0 Å². The molecule has 11 nitrogen and oxygen atoms in total. The summed E-state index contributed by atoms with van der Waals surface area (Å²) in [6.45, 7) is 5.72. The quantitative estimate of drug-likeness (QED) is 0.508. The molecule has 6 unspecified atom stereocenters. The first-order valence-electron chi connectivity index (χ1n) is 15.1. The van der Waals surface area contributed by atoms with Crippen molar-refractivity contribution >= 4 is 34.6 Å². The number of esters is 1. The van der Waals surface area contributed by atoms with Crippen LogP contribution in [-0.2, 0) is 19.1 Å². The Kier molecular flexibility index (Phi) is 7.68. The van der Waals surface area contributed by atoms with Gasteiger partial charge in [0.2, 0.25) is 11.8 Å². The van der Waals surface area contributed by atoms with Crippen molar-refractivity contribution in [2.45, 2.75) is 83.6 Å². The maximum absolute atomic E-state index is 14.0. The van der Waals surface area contributed by atoms with Gasteiger partial charge in [0.05, 0.1) is 31.8 Å². The lowest BCUT2D eigenvalue weighted by Gasteiger charge is -2.34. The normalized spacial score (nSPS) is 29.2. The fourth-order valence-corrected chi connectivity index (χ4v) is 6.39. The molecule has 2 aromatic rings. The summed E-state index contributed by atoms with van der Waals surface area (Å²) < 4.78 is 22.7. The highest BCUT2D eigenvalue weighted by Crippen LogP contribution is 2.43. The number of methoxy groups -OCH3 is 2. The molecule has 1 saturated carbocycles. The Hall–Kier alpha value is -3.89. The lowest BCUT2D eigenvalue weighted by molar-refractivity contribution is -0.152. The summed E-state index contributed by atoms with van der Waals surface area (Å²) in [5.74, 6) is 0.858. The SMILES string of the molecule is COC(=O)C1CC2CN1C(=O)C(C(C)(C)C)NC(=O)OC1CC1CCCC1C=C(C1)c1nc3ccc(OC)cc3nc1O2. The van der Waals surface area contributed by atoms with Crippen molar-refractivity contribution in [3.63, 3.8) is 0 Å². The molecule has 230 valence electrons. The predicted octanol–water partition coefficient (Wildman–Crippen LogP) is 4.28. The molecule has 4 heterocycles. The van der Waals surface area contributed by atoms with E-state index < -0.39 is 41.6 Å². The number of ether oxygens (including phenoxy) is 4. The summed E-state index contributed by atoms with van der Waals surface area (Å²) in [4.78, 5) is 51.2. The van der Waals surface area contributed by atoms with E-state index in [1.165, 1.54) is 12.0 Å². The fourth-order valence-electron chi connectivity index (χ4n) is 6.39. The molecule has 3 aliphatic heterocycles. The topological polar surface area (TPSA) is 129 Å². The Morgan fingerprint density at radius 2 is 1.86 bits per heavy atom. The second kappa shape index (κ2) is 11.3. The average molecular weight is 593 g/mol. The van der Waals surface area contributed by atoms with E-state index in [-0.39, 0.29) is 19.1 Å². The van der Waals surface area contributed by atoms with Gasteiger partial charge in [0.25, 0.3) is 0 Å². The van der Waals surface area contributed by atoms with E-state index in [4.69, 9.17) is 28.9 Å². The van der Waals surface area contributed by atoms with E-state index in [0.717, 1.165) is 43.2 Å². The van der Waals surface area contributed by atoms with Crippen molar-refractivity contribution in [1.29, 1.82) is 0 Å². The van der Waals surface area contributed by atoms with Gasteiger partial charge in [-0.05, 0) is 60.6 Å². The second-order valence-corrected chi connectivity index (χ2v) is 13.2. The Morgan fingerprint density at radius 1 is 1.07 bits per heavy atom. The molecular formula is C32H40N4O7. The molecule has 1 aromatic carbocycles. The lowest BCUT2D eigenvalue weighted by Crippen LogP contribution is -2.57. The number of aromatic nitrogens is 2. The summed E-state index contributed by atoms with van der Waals surface area (Å²) in [7, 11) is 2.90. The highest BCUT2D eigenvalue weighted by molar-refractivity contribution is 5.91. The van der Waals surface area contributed by atoms with E-state index in [2.05, 4.69) is 11.4 Å². The molecule has 11 heteroatoms. The average Bonchev–Trinajstić information content (AvgIpc) is 3.54. The van der Waals surface area contributed by atoms with Crippen LogP contribution in [0.4, 0.5) is 4.79 Å². The minimum absolute atomic E-state index is 0.117. The number of nitrogens with one attached hydrogen (secondary N) is 1. The smallest absolute Gasteiger partial charge is 0.408 e. The number of carbonyl (C=O) groups is 3. The molecule has 1 saturated heterocycles. The largest absolute Gasteiger partial charge is 0.497 e. The molecule has 1 aromatic heterocycles. The van der Waals surface area contributed by atoms with Crippen LogP contribution in [0.25, 0.3) is 16.6 Å². The molecule has 2 fully saturated rings. The first-order valence-corrected chi connectivity index (χ1v) is 15.1. The third-order valence-electron chi connectivity index (χ3n) is 9.00. The number of carbonyl (C=O) groups excluding carboxylic acids is 3. The minimum Gasteiger partial charge on any atom is -0.497 e. The zero-order valence-corrected chi connectivity index (χ0v) is 25.4. The van der Waals surface area contributed by atoms with Crippen LogP contribution in [0.5, 0.6) is 11.6 Å². The summed E-state index contributed by atoms with van der Waals surface area (Å²) in [5, 5.41) is 2.81. The van der Waals surface area contributed by atoms with Crippen molar-refractivity contribution in [3.8, 4) is 11.6 Å². The number of amides is 2. The van der Waals surface area contributed by atoms with Crippen molar-refractivity contribution in [2.75, 3.05) is 20.8 Å². The first-order chi connectivity index (χ1) is 20.5. The number of hydrogen-bond acceptors (Lipinski definition) is 9. The number of fused-ring (bicyclic) bond motifs is 7. The standard InChI is InChI=1S/C32H40N4O7/c1-32(2,3)27-29(37)36-16-21(15-24(36)30(38)41-5)42-28-26(33-22-10-9-20(40-4)14-23(22)34-28)19-11-17(12-19)7-6-8-18-13-25(18)43-31(39)35-27/h9-11,14,17-18,21,24-25,27H,6-8,12-13,15-16H2,1-5H3,(H,35,39). The molecule has 6 atom stereocenters. The molecule has 1 N–H and O–H groups in total. The second-order valence-electron chi connectivity index (χ2n) is 13.2. The van der Waals surface area contributed by atoms with Crippen LogP contribution in [0.15, 0.2) is 24.3 Å². The monoisotopic (exact) mass is 592 g/mol. The highest BCUT2D eigenvalue weighted by atomic mass is 16.6. The summed E-state index contributed by atoms with van der Waals surface area (Å²) in [6, 6.07) is 3.74. The molecule has 5 aliphatic rings. The number of nitrogens with zero attached hydrogens (tertiary/aromatic N) is 3. The zero-order valence-electron chi connectivity index (χ0n) is 25.4. The number of alkyl carbamates (subject to hydrolysis) is 1. The molecule has 7 rings (SSSR count). The summed E-state index contributed by atoms with van der Waals surface area (Å²) in [5.41, 5.74) is 2.46. The lowest BCUT2D eigenvalue weighted by atomic mass is 9.81. The van der Waals surface area contributed by atoms with Crippen LogP contribution in [0, 0.1) is 17.3 Å². The van der Waals surface area contributed by atoms with E-state index in [9.17, 15) is 14.4 Å². The van der Waals surface area contributed by atoms with Crippen LogP contribution < -0.4 is 14.8 Å². The maximum atomic E-state index is 14.0. The van der Waals surface area contributed by atoms with Crippen molar-refractivity contribution in [1.82, 2.24) is 20.2 Å². The molecule has 43 heavy (non-hydrogen) atoms. The Morgan fingerprint density at radius 3 is 2.58 bits per heavy atom. The van der Waals surface area contributed by atoms with Crippen molar-refractivity contribution in [2.24, 2.45) is 17.3 Å². The third kappa shape index (κ3) is 5.99. The number of rotatable bonds is 2. The number of allylic oxidation sites excluding steroid dienone is 2. The van der Waals surface area contributed by atoms with Crippen molar-refractivity contribution in [3.05, 3.63) is 30.0 Å². The van der Waals surface area contributed by atoms with Crippen LogP contribution in [0.1, 0.15) is 65.0 Å². The van der Waals surface area contributed by atoms with Gasteiger partial charge in [0, 0.05) is 12.5 Å². The van der Waals surface area contributed by atoms with Crippen LogP contribution in [-0.4, -0.2) is 77.9 Å². The van der Waals surface area contributed by atoms with Gasteiger partial charge < -0.3 is 29.2 Å². The van der Waals surface area contributed by atoms with Gasteiger partial charge in [0.1, 0.15) is 35.7 Å². The van der Waals surface area contributed by atoms with E-state index in [1.807, 2.05) is 39.0 Å². The third-order valence-corrected chi connectivity index (χ3v) is 9.00. The molecule has 0 radical (unpaired) electrons. The van der Waals surface area contributed by atoms with Crippen LogP contribution in [0.2, 0.25) is 0 Å². The van der Waals surface area contributed by atoms with Gasteiger partial charge >= 0.3 is 12.1 Å². The predicted molar refractivity (Wildman–Crippen MR) is 157 cm³/mol. The van der Waals surface area contributed by atoms with Gasteiger partial charge in [-0.2, -0.15) is 0 Å². The van der Waals surface area contributed by atoms with Crippen molar-refractivity contribution < 1.29 is 33.3 Å². The maximum Gasteiger partial charge on any atom is 0.408 e. The summed E-state index contributed by atoms with van der Waals surface area (Å²) in [6.07, 6.45) is 5.94. The highest BCUT2D eigenvalue weighted by Gasteiger charge is 2.47. The van der Waals surface area contributed by atoms with Gasteiger partial charge in [0.15, 0.2) is 0 Å². The van der Waals surface area contributed by atoms with Gasteiger partial charge in [-0.25, -0.2) is 19.6 Å².